The summed E-state index contributed by atoms with van der Waals surface area (Å²) in [5, 5.41) is 0. The molecule has 0 aliphatic heterocycles. The van der Waals surface area contributed by atoms with E-state index in [-0.39, 0.29) is 5.41 Å². The predicted octanol–water partition coefficient (Wildman–Crippen LogP) is 3.23. The van der Waals surface area contributed by atoms with E-state index in [1.807, 2.05) is 18.2 Å². The monoisotopic (exact) mass is 217 g/mol. The zero-order valence-corrected chi connectivity index (χ0v) is 10.4. The van der Waals surface area contributed by atoms with E-state index in [0.29, 0.717) is 12.0 Å². The molecule has 0 aliphatic rings. The molecule has 2 rings (SSSR count). The topological polar surface area (TPSA) is 43.8 Å². The molecule has 0 saturated heterocycles. The van der Waals surface area contributed by atoms with Gasteiger partial charge in [0.05, 0.1) is 11.0 Å². The molecule has 1 aromatic carbocycles. The predicted molar refractivity (Wildman–Crippen MR) is 68.3 cm³/mol. The van der Waals surface area contributed by atoms with Gasteiger partial charge in [-0.3, -0.25) is 0 Å². The Morgan fingerprint density at radius 1 is 1.25 bits per heavy atom. The van der Waals surface area contributed by atoms with Crippen molar-refractivity contribution in [3.63, 3.8) is 0 Å². The maximum Gasteiger partial charge on any atom is 0.201 e. The number of nitrogens with two attached hydrogens (primary N) is 1. The van der Waals surface area contributed by atoms with Gasteiger partial charge < -0.3 is 10.3 Å². The van der Waals surface area contributed by atoms with Crippen molar-refractivity contribution in [3.8, 4) is 0 Å². The Morgan fingerprint density at radius 2 is 1.88 bits per heavy atom. The van der Waals surface area contributed by atoms with Crippen LogP contribution in [0.1, 0.15) is 33.7 Å². The standard InChI is InChI=1S/C13H19N3/c1-9(13(2,3)4)16-11-8-6-5-7-10(11)15-12(16)14/h5-9H,1-4H3,(H2,14,15). The van der Waals surface area contributed by atoms with Crippen LogP contribution in [0.25, 0.3) is 11.0 Å². The maximum absolute atomic E-state index is 6.00. The number of hydrogen-bond acceptors (Lipinski definition) is 2. The largest absolute Gasteiger partial charge is 0.369 e. The molecule has 2 aromatic rings. The summed E-state index contributed by atoms with van der Waals surface area (Å²) in [5.74, 6) is 0.601. The van der Waals surface area contributed by atoms with Crippen LogP contribution < -0.4 is 5.73 Å². The Kier molecular flexibility index (Phi) is 2.41. The third kappa shape index (κ3) is 1.66. The maximum atomic E-state index is 6.00. The van der Waals surface area contributed by atoms with Crippen molar-refractivity contribution in [1.82, 2.24) is 9.55 Å². The molecule has 0 bridgehead atoms. The lowest BCUT2D eigenvalue weighted by molar-refractivity contribution is 0.270. The van der Waals surface area contributed by atoms with E-state index < -0.39 is 0 Å². The number of aromatic nitrogens is 2. The van der Waals surface area contributed by atoms with E-state index >= 15 is 0 Å². The van der Waals surface area contributed by atoms with Crippen molar-refractivity contribution in [3.05, 3.63) is 24.3 Å². The third-order valence-electron chi connectivity index (χ3n) is 3.26. The highest BCUT2D eigenvalue weighted by Crippen LogP contribution is 2.34. The average Bonchev–Trinajstić information content (AvgIpc) is 2.51. The molecule has 1 heterocycles. The lowest BCUT2D eigenvalue weighted by Crippen LogP contribution is -2.22. The van der Waals surface area contributed by atoms with Crippen molar-refractivity contribution in [2.45, 2.75) is 33.7 Å². The van der Waals surface area contributed by atoms with Gasteiger partial charge in [0, 0.05) is 6.04 Å². The number of nitrogens with zero attached hydrogens (tertiary/aromatic N) is 2. The molecule has 0 amide bonds. The first kappa shape index (κ1) is 11.0. The number of benzene rings is 1. The Hall–Kier alpha value is -1.51. The molecule has 0 spiro atoms. The molecule has 0 fully saturated rings. The quantitative estimate of drug-likeness (QED) is 0.797. The number of hydrogen-bond donors (Lipinski definition) is 1. The summed E-state index contributed by atoms with van der Waals surface area (Å²) in [6, 6.07) is 8.40. The molecule has 1 atom stereocenters. The van der Waals surface area contributed by atoms with Gasteiger partial charge in [-0.05, 0) is 24.5 Å². The van der Waals surface area contributed by atoms with Gasteiger partial charge in [0.15, 0.2) is 0 Å². The van der Waals surface area contributed by atoms with E-state index in [1.54, 1.807) is 0 Å². The Bertz CT molecular complexity index is 505. The summed E-state index contributed by atoms with van der Waals surface area (Å²) in [6.45, 7) is 8.83. The molecule has 0 saturated carbocycles. The minimum Gasteiger partial charge on any atom is -0.369 e. The van der Waals surface area contributed by atoms with E-state index in [1.165, 1.54) is 0 Å². The smallest absolute Gasteiger partial charge is 0.201 e. The minimum absolute atomic E-state index is 0.164. The summed E-state index contributed by atoms with van der Waals surface area (Å²) in [5.41, 5.74) is 8.25. The Morgan fingerprint density at radius 3 is 2.50 bits per heavy atom. The van der Waals surface area contributed by atoms with Crippen LogP contribution in [0, 0.1) is 5.41 Å². The molecule has 0 radical (unpaired) electrons. The van der Waals surface area contributed by atoms with Crippen molar-refractivity contribution < 1.29 is 0 Å². The second-order valence-electron chi connectivity index (χ2n) is 5.37. The molecule has 0 aliphatic carbocycles. The zero-order valence-electron chi connectivity index (χ0n) is 10.4. The lowest BCUT2D eigenvalue weighted by Gasteiger charge is -2.29. The first-order chi connectivity index (χ1) is 7.41. The zero-order chi connectivity index (χ0) is 11.9. The Labute approximate surface area is 96.3 Å². The van der Waals surface area contributed by atoms with E-state index in [2.05, 4.69) is 43.3 Å². The van der Waals surface area contributed by atoms with Gasteiger partial charge in [-0.1, -0.05) is 32.9 Å². The third-order valence-corrected chi connectivity index (χ3v) is 3.26. The highest BCUT2D eigenvalue weighted by atomic mass is 15.2. The lowest BCUT2D eigenvalue weighted by atomic mass is 9.88. The number of imidazole rings is 1. The second-order valence-corrected chi connectivity index (χ2v) is 5.37. The SMILES string of the molecule is CC(n1c(N)nc2ccccc21)C(C)(C)C. The summed E-state index contributed by atoms with van der Waals surface area (Å²) < 4.78 is 2.12. The molecule has 16 heavy (non-hydrogen) atoms. The van der Waals surface area contributed by atoms with Gasteiger partial charge in [0.1, 0.15) is 0 Å². The van der Waals surface area contributed by atoms with Crippen molar-refractivity contribution in [2.75, 3.05) is 5.73 Å². The van der Waals surface area contributed by atoms with Crippen LogP contribution in [0.2, 0.25) is 0 Å². The summed E-state index contributed by atoms with van der Waals surface area (Å²) in [4.78, 5) is 4.39. The van der Waals surface area contributed by atoms with Crippen molar-refractivity contribution in [1.29, 1.82) is 0 Å². The van der Waals surface area contributed by atoms with Crippen molar-refractivity contribution >= 4 is 17.0 Å². The molecule has 1 unspecified atom stereocenters. The molecule has 3 nitrogen and oxygen atoms in total. The van der Waals surface area contributed by atoms with E-state index in [9.17, 15) is 0 Å². The number of rotatable bonds is 1. The van der Waals surface area contributed by atoms with Crippen LogP contribution in [0.5, 0.6) is 0 Å². The summed E-state index contributed by atoms with van der Waals surface area (Å²) in [7, 11) is 0. The van der Waals surface area contributed by atoms with E-state index in [0.717, 1.165) is 11.0 Å². The van der Waals surface area contributed by atoms with Gasteiger partial charge in [-0.15, -0.1) is 0 Å². The first-order valence-corrected chi connectivity index (χ1v) is 5.63. The highest BCUT2D eigenvalue weighted by molar-refractivity contribution is 5.78. The molecular weight excluding hydrogens is 198 g/mol. The van der Waals surface area contributed by atoms with Crippen LogP contribution in [0.4, 0.5) is 5.95 Å². The summed E-state index contributed by atoms with van der Waals surface area (Å²) in [6.07, 6.45) is 0. The van der Waals surface area contributed by atoms with Crippen LogP contribution in [0.3, 0.4) is 0 Å². The number of para-hydroxylation sites is 2. The van der Waals surface area contributed by atoms with Gasteiger partial charge in [-0.2, -0.15) is 0 Å². The van der Waals surface area contributed by atoms with Crippen LogP contribution in [0.15, 0.2) is 24.3 Å². The summed E-state index contributed by atoms with van der Waals surface area (Å²) >= 11 is 0. The van der Waals surface area contributed by atoms with Crippen LogP contribution in [-0.2, 0) is 0 Å². The fourth-order valence-corrected chi connectivity index (χ4v) is 1.86. The first-order valence-electron chi connectivity index (χ1n) is 5.63. The fourth-order valence-electron chi connectivity index (χ4n) is 1.86. The minimum atomic E-state index is 0.164. The second kappa shape index (κ2) is 3.51. The normalized spacial score (nSPS) is 14.2. The molecule has 2 N–H and O–H groups in total. The van der Waals surface area contributed by atoms with Crippen LogP contribution in [-0.4, -0.2) is 9.55 Å². The molecule has 1 aromatic heterocycles. The number of anilines is 1. The number of fused-ring (bicyclic) bond motifs is 1. The van der Waals surface area contributed by atoms with Gasteiger partial charge in [0.25, 0.3) is 0 Å². The molecule has 3 heteroatoms. The van der Waals surface area contributed by atoms with E-state index in [4.69, 9.17) is 5.73 Å². The molecule has 86 valence electrons. The number of nitrogen functional groups attached to an aromatic ring is 1. The van der Waals surface area contributed by atoms with Crippen LogP contribution >= 0.6 is 0 Å². The average molecular weight is 217 g/mol. The van der Waals surface area contributed by atoms with Crippen molar-refractivity contribution in [2.24, 2.45) is 5.41 Å². The highest BCUT2D eigenvalue weighted by Gasteiger charge is 2.24. The van der Waals surface area contributed by atoms with Gasteiger partial charge in [0.2, 0.25) is 5.95 Å². The van der Waals surface area contributed by atoms with Gasteiger partial charge >= 0.3 is 0 Å². The van der Waals surface area contributed by atoms with Gasteiger partial charge in [-0.25, -0.2) is 4.98 Å². The Balaban J connectivity index is 2.64. The fraction of sp³-hybridized carbons (Fsp3) is 0.462. The molecular formula is C13H19N3.